The molecule has 0 amide bonds. The lowest BCUT2D eigenvalue weighted by Crippen LogP contribution is -2.07. The van der Waals surface area contributed by atoms with Crippen LogP contribution in [0.5, 0.6) is 0 Å². The highest BCUT2D eigenvalue weighted by molar-refractivity contribution is 7.11. The highest BCUT2D eigenvalue weighted by Gasteiger charge is 2.19. The fraction of sp³-hybridized carbons (Fsp3) is 0.833. The van der Waals surface area contributed by atoms with Gasteiger partial charge in [0.1, 0.15) is 10.0 Å². The van der Waals surface area contributed by atoms with Crippen LogP contribution in [0.4, 0.5) is 0 Å². The van der Waals surface area contributed by atoms with Crippen LogP contribution in [-0.2, 0) is 0 Å². The molecule has 1 aliphatic rings. The van der Waals surface area contributed by atoms with E-state index in [1.165, 1.54) is 43.5 Å². The summed E-state index contributed by atoms with van der Waals surface area (Å²) in [6.07, 6.45) is 8.98. The van der Waals surface area contributed by atoms with Crippen molar-refractivity contribution in [3.05, 3.63) is 10.0 Å². The predicted molar refractivity (Wildman–Crippen MR) is 67.6 cm³/mol. The zero-order valence-electron chi connectivity index (χ0n) is 9.98. The van der Waals surface area contributed by atoms with Crippen molar-refractivity contribution < 1.29 is 0 Å². The molecule has 0 bridgehead atoms. The van der Waals surface area contributed by atoms with Crippen LogP contribution in [0.25, 0.3) is 0 Å². The van der Waals surface area contributed by atoms with Gasteiger partial charge in [-0.2, -0.15) is 0 Å². The monoisotopic (exact) mass is 239 g/mol. The lowest BCUT2D eigenvalue weighted by molar-refractivity contribution is 0.583. The third-order valence-electron chi connectivity index (χ3n) is 3.42. The number of nitrogens with two attached hydrogens (primary N) is 1. The van der Waals surface area contributed by atoms with E-state index in [4.69, 9.17) is 5.73 Å². The molecule has 4 heteroatoms. The lowest BCUT2D eigenvalue weighted by Gasteiger charge is -2.08. The average Bonchev–Trinajstić information content (AvgIpc) is 2.64. The van der Waals surface area contributed by atoms with Gasteiger partial charge in [-0.15, -0.1) is 10.2 Å². The molecule has 1 heterocycles. The Kier molecular flexibility index (Phi) is 4.29. The molecule has 1 unspecified atom stereocenters. The second kappa shape index (κ2) is 5.73. The molecule has 1 saturated carbocycles. The van der Waals surface area contributed by atoms with E-state index in [9.17, 15) is 0 Å². The summed E-state index contributed by atoms with van der Waals surface area (Å²) in [6.45, 7) is 2.09. The van der Waals surface area contributed by atoms with Gasteiger partial charge in [0.25, 0.3) is 0 Å². The molecule has 0 saturated heterocycles. The van der Waals surface area contributed by atoms with Crippen LogP contribution in [0.15, 0.2) is 0 Å². The van der Waals surface area contributed by atoms with Gasteiger partial charge in [-0.3, -0.25) is 0 Å². The molecule has 1 aromatic heterocycles. The second-order valence-electron chi connectivity index (χ2n) is 4.68. The molecule has 1 aliphatic carbocycles. The summed E-state index contributed by atoms with van der Waals surface area (Å²) in [5, 5.41) is 10.8. The van der Waals surface area contributed by atoms with Crippen molar-refractivity contribution in [1.82, 2.24) is 10.2 Å². The molecule has 1 aromatic rings. The second-order valence-corrected chi connectivity index (χ2v) is 5.72. The standard InChI is InChI=1S/C12H21N3S/c1-2-10(13)12-15-14-11(16-12)9-7-5-3-4-6-8-9/h9-10H,2-8,13H2,1H3. The molecule has 0 aliphatic heterocycles. The van der Waals surface area contributed by atoms with Gasteiger partial charge < -0.3 is 5.73 Å². The molecule has 1 fully saturated rings. The minimum absolute atomic E-state index is 0.0806. The number of rotatable bonds is 3. The Morgan fingerprint density at radius 3 is 2.56 bits per heavy atom. The van der Waals surface area contributed by atoms with Crippen molar-refractivity contribution in [2.75, 3.05) is 0 Å². The molecular weight excluding hydrogens is 218 g/mol. The first kappa shape index (κ1) is 12.0. The fourth-order valence-electron chi connectivity index (χ4n) is 2.26. The van der Waals surface area contributed by atoms with Crippen LogP contribution >= 0.6 is 11.3 Å². The molecular formula is C12H21N3S. The minimum Gasteiger partial charge on any atom is -0.322 e. The van der Waals surface area contributed by atoms with E-state index in [1.54, 1.807) is 11.3 Å². The highest BCUT2D eigenvalue weighted by Crippen LogP contribution is 2.34. The van der Waals surface area contributed by atoms with Crippen LogP contribution in [0, 0.1) is 0 Å². The van der Waals surface area contributed by atoms with Crippen molar-refractivity contribution in [2.24, 2.45) is 5.73 Å². The Bertz CT molecular complexity index is 316. The summed E-state index contributed by atoms with van der Waals surface area (Å²) >= 11 is 1.73. The fourth-order valence-corrected chi connectivity index (χ4v) is 3.36. The van der Waals surface area contributed by atoms with Crippen molar-refractivity contribution in [1.29, 1.82) is 0 Å². The highest BCUT2D eigenvalue weighted by atomic mass is 32.1. The maximum Gasteiger partial charge on any atom is 0.134 e. The van der Waals surface area contributed by atoms with Gasteiger partial charge in [-0.1, -0.05) is 43.9 Å². The van der Waals surface area contributed by atoms with E-state index >= 15 is 0 Å². The lowest BCUT2D eigenvalue weighted by atomic mass is 10.0. The maximum atomic E-state index is 5.98. The third kappa shape index (κ3) is 2.80. The van der Waals surface area contributed by atoms with E-state index in [0.29, 0.717) is 5.92 Å². The Hall–Kier alpha value is -0.480. The van der Waals surface area contributed by atoms with E-state index in [2.05, 4.69) is 17.1 Å². The molecule has 2 rings (SSSR count). The number of hydrogen-bond acceptors (Lipinski definition) is 4. The van der Waals surface area contributed by atoms with Gasteiger partial charge in [0.05, 0.1) is 6.04 Å². The minimum atomic E-state index is 0.0806. The van der Waals surface area contributed by atoms with Gasteiger partial charge in [-0.25, -0.2) is 0 Å². The molecule has 0 radical (unpaired) electrons. The number of nitrogens with zero attached hydrogens (tertiary/aromatic N) is 2. The first-order valence-corrected chi connectivity index (χ1v) is 7.21. The SMILES string of the molecule is CCC(N)c1nnc(C2CCCCCC2)s1. The summed E-state index contributed by atoms with van der Waals surface area (Å²) < 4.78 is 0. The largest absolute Gasteiger partial charge is 0.322 e. The summed E-state index contributed by atoms with van der Waals surface area (Å²) in [6, 6.07) is 0.0806. The van der Waals surface area contributed by atoms with Crippen molar-refractivity contribution in [3.63, 3.8) is 0 Å². The smallest absolute Gasteiger partial charge is 0.134 e. The van der Waals surface area contributed by atoms with Crippen LogP contribution in [0.1, 0.15) is 73.8 Å². The first-order valence-electron chi connectivity index (χ1n) is 6.40. The molecule has 16 heavy (non-hydrogen) atoms. The zero-order chi connectivity index (χ0) is 11.4. The molecule has 0 aromatic carbocycles. The Balaban J connectivity index is 2.05. The molecule has 0 spiro atoms. The zero-order valence-corrected chi connectivity index (χ0v) is 10.8. The summed E-state index contributed by atoms with van der Waals surface area (Å²) in [5.74, 6) is 0.651. The van der Waals surface area contributed by atoms with Crippen LogP contribution < -0.4 is 5.73 Å². The van der Waals surface area contributed by atoms with Gasteiger partial charge in [0.2, 0.25) is 0 Å². The van der Waals surface area contributed by atoms with E-state index < -0.39 is 0 Å². The molecule has 90 valence electrons. The van der Waals surface area contributed by atoms with Crippen LogP contribution in [0.3, 0.4) is 0 Å². The summed E-state index contributed by atoms with van der Waals surface area (Å²) in [7, 11) is 0. The normalized spacial score (nSPS) is 20.6. The molecule has 3 nitrogen and oxygen atoms in total. The van der Waals surface area contributed by atoms with Gasteiger partial charge in [0, 0.05) is 5.92 Å². The van der Waals surface area contributed by atoms with Crippen molar-refractivity contribution in [2.45, 2.75) is 63.8 Å². The third-order valence-corrected chi connectivity index (χ3v) is 4.64. The quantitative estimate of drug-likeness (QED) is 0.823. The predicted octanol–water partition coefficient (Wildman–Crippen LogP) is 3.39. The average molecular weight is 239 g/mol. The van der Waals surface area contributed by atoms with E-state index in [-0.39, 0.29) is 6.04 Å². The molecule has 1 atom stereocenters. The van der Waals surface area contributed by atoms with E-state index in [1.807, 2.05) is 0 Å². The topological polar surface area (TPSA) is 51.8 Å². The van der Waals surface area contributed by atoms with Gasteiger partial charge in [-0.05, 0) is 19.3 Å². The van der Waals surface area contributed by atoms with Gasteiger partial charge >= 0.3 is 0 Å². The van der Waals surface area contributed by atoms with E-state index in [0.717, 1.165) is 11.4 Å². The number of hydrogen-bond donors (Lipinski definition) is 1. The number of aromatic nitrogens is 2. The first-order chi connectivity index (χ1) is 7.81. The maximum absolute atomic E-state index is 5.98. The Morgan fingerprint density at radius 1 is 1.25 bits per heavy atom. The molecule has 2 N–H and O–H groups in total. The Morgan fingerprint density at radius 2 is 1.94 bits per heavy atom. The van der Waals surface area contributed by atoms with Gasteiger partial charge in [0.15, 0.2) is 0 Å². The Labute approximate surface area is 101 Å². The van der Waals surface area contributed by atoms with Crippen molar-refractivity contribution in [3.8, 4) is 0 Å². The van der Waals surface area contributed by atoms with Crippen LogP contribution in [0.2, 0.25) is 0 Å². The van der Waals surface area contributed by atoms with Crippen LogP contribution in [-0.4, -0.2) is 10.2 Å². The summed E-state index contributed by atoms with van der Waals surface area (Å²) in [4.78, 5) is 0. The van der Waals surface area contributed by atoms with Crippen molar-refractivity contribution >= 4 is 11.3 Å². The summed E-state index contributed by atoms with van der Waals surface area (Å²) in [5.41, 5.74) is 5.98.